The van der Waals surface area contributed by atoms with Gasteiger partial charge in [0.25, 0.3) is 0 Å². The molecule has 3 nitrogen and oxygen atoms in total. The first-order chi connectivity index (χ1) is 9.78. The van der Waals surface area contributed by atoms with Gasteiger partial charge in [-0.3, -0.25) is 0 Å². The normalized spacial score (nSPS) is 10.7. The minimum absolute atomic E-state index is 0.755. The van der Waals surface area contributed by atoms with E-state index in [1.807, 2.05) is 42.9 Å². The van der Waals surface area contributed by atoms with Crippen molar-refractivity contribution in [2.45, 2.75) is 11.8 Å². The molecule has 20 heavy (non-hydrogen) atoms. The summed E-state index contributed by atoms with van der Waals surface area (Å²) in [6, 6.07) is 8.17. The summed E-state index contributed by atoms with van der Waals surface area (Å²) in [5, 5.41) is 3.08. The fourth-order valence-electron chi connectivity index (χ4n) is 1.92. The fraction of sp³-hybridized carbons (Fsp3) is 0.133. The van der Waals surface area contributed by atoms with Gasteiger partial charge in [0.05, 0.1) is 10.7 Å². The minimum atomic E-state index is 0.755. The molecular weight excluding hydrogens is 286 g/mol. The van der Waals surface area contributed by atoms with Crippen LogP contribution in [0, 0.1) is 6.92 Å². The van der Waals surface area contributed by atoms with E-state index in [2.05, 4.69) is 27.3 Å². The number of aryl methyl sites for hydroxylation is 1. The van der Waals surface area contributed by atoms with Crippen molar-refractivity contribution in [1.29, 1.82) is 0 Å². The molecule has 2 heterocycles. The van der Waals surface area contributed by atoms with Crippen molar-refractivity contribution < 1.29 is 0 Å². The Balaban J connectivity index is 1.97. The van der Waals surface area contributed by atoms with Gasteiger partial charge < -0.3 is 0 Å². The van der Waals surface area contributed by atoms with Gasteiger partial charge >= 0.3 is 0 Å². The van der Waals surface area contributed by atoms with Crippen LogP contribution >= 0.6 is 23.1 Å². The molecule has 1 aromatic carbocycles. The highest BCUT2D eigenvalue weighted by molar-refractivity contribution is 7.98. The molecular formula is C15H13N3S2. The Hall–Kier alpha value is -1.72. The summed E-state index contributed by atoms with van der Waals surface area (Å²) in [7, 11) is 0. The van der Waals surface area contributed by atoms with Crippen molar-refractivity contribution in [3.05, 3.63) is 47.0 Å². The van der Waals surface area contributed by atoms with Crippen molar-refractivity contribution >= 4 is 23.1 Å². The van der Waals surface area contributed by atoms with E-state index in [-0.39, 0.29) is 0 Å². The molecule has 0 radical (unpaired) electrons. The maximum Gasteiger partial charge on any atom is 0.160 e. The monoisotopic (exact) mass is 299 g/mol. The summed E-state index contributed by atoms with van der Waals surface area (Å²) < 4.78 is 0. The van der Waals surface area contributed by atoms with Gasteiger partial charge in [-0.2, -0.15) is 0 Å². The van der Waals surface area contributed by atoms with Gasteiger partial charge in [-0.05, 0) is 19.2 Å². The van der Waals surface area contributed by atoms with Crippen LogP contribution in [-0.4, -0.2) is 21.2 Å². The number of thioether (sulfide) groups is 1. The summed E-state index contributed by atoms with van der Waals surface area (Å²) in [5.41, 5.74) is 2.97. The molecule has 0 aliphatic carbocycles. The summed E-state index contributed by atoms with van der Waals surface area (Å²) in [5.74, 6) is 0.755. The van der Waals surface area contributed by atoms with E-state index in [0.29, 0.717) is 0 Å². The summed E-state index contributed by atoms with van der Waals surface area (Å²) in [4.78, 5) is 14.6. The van der Waals surface area contributed by atoms with Gasteiger partial charge in [0.2, 0.25) is 0 Å². The molecule has 0 spiro atoms. The third-order valence-electron chi connectivity index (χ3n) is 2.91. The second-order valence-corrected chi connectivity index (χ2v) is 6.16. The van der Waals surface area contributed by atoms with Crippen LogP contribution in [0.15, 0.2) is 46.9 Å². The molecule has 0 saturated heterocycles. The van der Waals surface area contributed by atoms with E-state index in [1.54, 1.807) is 23.1 Å². The number of nitrogens with zero attached hydrogens (tertiary/aromatic N) is 3. The largest absolute Gasteiger partial charge is 0.241 e. The summed E-state index contributed by atoms with van der Waals surface area (Å²) in [6.45, 7) is 2.00. The minimum Gasteiger partial charge on any atom is -0.241 e. The van der Waals surface area contributed by atoms with E-state index in [9.17, 15) is 0 Å². The maximum absolute atomic E-state index is 4.48. The number of hydrogen-bond acceptors (Lipinski definition) is 5. The molecule has 5 heteroatoms. The van der Waals surface area contributed by atoms with E-state index >= 15 is 0 Å². The van der Waals surface area contributed by atoms with Crippen LogP contribution in [0.4, 0.5) is 0 Å². The Morgan fingerprint density at radius 1 is 1.10 bits per heavy atom. The molecule has 0 bridgehead atoms. The third-order valence-corrected chi connectivity index (χ3v) is 4.48. The Bertz CT molecular complexity index is 720. The van der Waals surface area contributed by atoms with Gasteiger partial charge in [0.1, 0.15) is 0 Å². The highest BCUT2D eigenvalue weighted by Crippen LogP contribution is 2.28. The zero-order valence-electron chi connectivity index (χ0n) is 11.2. The SMILES string of the molecule is CSc1ccccc1-c1ncc(-c2csc(C)n2)cn1. The van der Waals surface area contributed by atoms with Crippen LogP contribution < -0.4 is 0 Å². The molecule has 0 amide bonds. The zero-order valence-corrected chi connectivity index (χ0v) is 12.8. The predicted octanol–water partition coefficient (Wildman–Crippen LogP) is 4.30. The van der Waals surface area contributed by atoms with Crippen molar-refractivity contribution in [2.24, 2.45) is 0 Å². The number of aromatic nitrogens is 3. The van der Waals surface area contributed by atoms with Gasteiger partial charge in [-0.15, -0.1) is 23.1 Å². The van der Waals surface area contributed by atoms with E-state index in [4.69, 9.17) is 0 Å². The Morgan fingerprint density at radius 3 is 2.50 bits per heavy atom. The lowest BCUT2D eigenvalue weighted by Gasteiger charge is -2.05. The molecule has 0 unspecified atom stereocenters. The fourth-order valence-corrected chi connectivity index (χ4v) is 3.14. The smallest absolute Gasteiger partial charge is 0.160 e. The van der Waals surface area contributed by atoms with Crippen molar-refractivity contribution in [2.75, 3.05) is 6.26 Å². The molecule has 0 atom stereocenters. The molecule has 3 rings (SSSR count). The van der Waals surface area contributed by atoms with Gasteiger partial charge in [-0.1, -0.05) is 18.2 Å². The van der Waals surface area contributed by atoms with Crippen LogP contribution in [0.1, 0.15) is 5.01 Å². The van der Waals surface area contributed by atoms with Gasteiger partial charge in [0, 0.05) is 33.8 Å². The van der Waals surface area contributed by atoms with Crippen molar-refractivity contribution in [3.8, 4) is 22.6 Å². The topological polar surface area (TPSA) is 38.7 Å². The molecule has 0 N–H and O–H groups in total. The third kappa shape index (κ3) is 2.59. The van der Waals surface area contributed by atoms with Gasteiger partial charge in [0.15, 0.2) is 5.82 Å². The summed E-state index contributed by atoms with van der Waals surface area (Å²) >= 11 is 3.34. The van der Waals surface area contributed by atoms with E-state index < -0.39 is 0 Å². The first-order valence-corrected chi connectivity index (χ1v) is 8.26. The average molecular weight is 299 g/mol. The lowest BCUT2D eigenvalue weighted by Crippen LogP contribution is -1.91. The molecule has 100 valence electrons. The second kappa shape index (κ2) is 5.73. The Kier molecular flexibility index (Phi) is 3.80. The number of hydrogen-bond donors (Lipinski definition) is 0. The second-order valence-electron chi connectivity index (χ2n) is 4.25. The maximum atomic E-state index is 4.48. The van der Waals surface area contributed by atoms with Crippen LogP contribution in [0.25, 0.3) is 22.6 Å². The predicted molar refractivity (Wildman–Crippen MR) is 85.1 cm³/mol. The highest BCUT2D eigenvalue weighted by Gasteiger charge is 2.08. The number of benzene rings is 1. The summed E-state index contributed by atoms with van der Waals surface area (Å²) in [6.07, 6.45) is 5.74. The lowest BCUT2D eigenvalue weighted by atomic mass is 10.2. The number of thiazole rings is 1. The molecule has 2 aromatic heterocycles. The van der Waals surface area contributed by atoms with Crippen molar-refractivity contribution in [1.82, 2.24) is 15.0 Å². The van der Waals surface area contributed by atoms with Crippen molar-refractivity contribution in [3.63, 3.8) is 0 Å². The molecule has 0 fully saturated rings. The van der Waals surface area contributed by atoms with Crippen LogP contribution in [0.5, 0.6) is 0 Å². The van der Waals surface area contributed by atoms with Crippen LogP contribution in [-0.2, 0) is 0 Å². The van der Waals surface area contributed by atoms with Gasteiger partial charge in [-0.25, -0.2) is 15.0 Å². The Labute approximate surface area is 126 Å². The standard InChI is InChI=1S/C15H13N3S2/c1-10-18-13(9-20-10)11-7-16-15(17-8-11)12-5-3-4-6-14(12)19-2/h3-9H,1-2H3. The highest BCUT2D eigenvalue weighted by atomic mass is 32.2. The number of rotatable bonds is 3. The lowest BCUT2D eigenvalue weighted by molar-refractivity contribution is 1.15. The first-order valence-electron chi connectivity index (χ1n) is 6.16. The van der Waals surface area contributed by atoms with Crippen LogP contribution in [0.2, 0.25) is 0 Å². The van der Waals surface area contributed by atoms with Crippen LogP contribution in [0.3, 0.4) is 0 Å². The quantitative estimate of drug-likeness (QED) is 0.676. The van der Waals surface area contributed by atoms with E-state index in [0.717, 1.165) is 27.7 Å². The first kappa shape index (κ1) is 13.3. The zero-order chi connectivity index (χ0) is 13.9. The van der Waals surface area contributed by atoms with E-state index in [1.165, 1.54) is 4.90 Å². The molecule has 0 aliphatic rings. The molecule has 0 aliphatic heterocycles. The molecule has 3 aromatic rings. The molecule has 0 saturated carbocycles. The average Bonchev–Trinajstić information content (AvgIpc) is 2.94. The Morgan fingerprint density at radius 2 is 1.85 bits per heavy atom.